The Hall–Kier alpha value is -0.240. The molecule has 0 heterocycles. The lowest BCUT2D eigenvalue weighted by atomic mass is 9.90. The first kappa shape index (κ1) is 14.8. The molecule has 0 aliphatic rings. The summed E-state index contributed by atoms with van der Waals surface area (Å²) < 4.78 is 0. The Bertz CT molecular complexity index is 130. The van der Waals surface area contributed by atoms with Crippen LogP contribution in [-0.2, 0) is 0 Å². The molecule has 0 fully saturated rings. The highest BCUT2D eigenvalue weighted by Crippen LogP contribution is 2.12. The van der Waals surface area contributed by atoms with Crippen molar-refractivity contribution >= 4 is 0 Å². The monoisotopic (exact) mass is 220 g/mol. The van der Waals surface area contributed by atoms with Gasteiger partial charge in [-0.05, 0) is 0 Å². The average Bonchev–Trinajstić information content (AvgIpc) is 2.28. The zero-order chi connectivity index (χ0) is 11.6. The number of rotatable bonds is 10. The van der Waals surface area contributed by atoms with Crippen LogP contribution in [0.2, 0.25) is 0 Å². The van der Waals surface area contributed by atoms with Crippen LogP contribution in [0, 0.1) is 5.41 Å². The van der Waals surface area contributed by atoms with Crippen molar-refractivity contribution in [1.82, 2.24) is 10.6 Å². The molecule has 0 saturated heterocycles. The zero-order valence-corrected chi connectivity index (χ0v) is 9.21. The van der Waals surface area contributed by atoms with Gasteiger partial charge in [0.1, 0.15) is 0 Å². The van der Waals surface area contributed by atoms with E-state index >= 15 is 0 Å². The molecule has 0 rings (SSSR count). The highest BCUT2D eigenvalue weighted by Gasteiger charge is 2.27. The molecule has 15 heavy (non-hydrogen) atoms. The lowest BCUT2D eigenvalue weighted by Crippen LogP contribution is -2.49. The summed E-state index contributed by atoms with van der Waals surface area (Å²) in [6.07, 6.45) is 0. The fraction of sp³-hybridized carbons (Fsp3) is 1.00. The van der Waals surface area contributed by atoms with E-state index in [4.69, 9.17) is 11.5 Å². The maximum absolute atomic E-state index is 9.27. The fourth-order valence-corrected chi connectivity index (χ4v) is 1.25. The normalized spacial score (nSPS) is 12.0. The van der Waals surface area contributed by atoms with Crippen LogP contribution in [0.25, 0.3) is 0 Å². The van der Waals surface area contributed by atoms with Crippen LogP contribution in [0.15, 0.2) is 0 Å². The van der Waals surface area contributed by atoms with Gasteiger partial charge >= 0.3 is 0 Å². The van der Waals surface area contributed by atoms with Gasteiger partial charge in [0.2, 0.25) is 0 Å². The van der Waals surface area contributed by atoms with E-state index in [1.54, 1.807) is 0 Å². The number of aliphatic hydroxyl groups excluding tert-OH is 2. The molecule has 0 saturated carbocycles. The number of aliphatic hydroxyl groups is 2. The zero-order valence-electron chi connectivity index (χ0n) is 9.21. The third-order valence-electron chi connectivity index (χ3n) is 2.31. The van der Waals surface area contributed by atoms with Gasteiger partial charge in [0.15, 0.2) is 0 Å². The van der Waals surface area contributed by atoms with Gasteiger partial charge in [0.05, 0.1) is 13.2 Å². The van der Waals surface area contributed by atoms with Crippen molar-refractivity contribution in [2.45, 2.75) is 0 Å². The van der Waals surface area contributed by atoms with Crippen LogP contribution in [-0.4, -0.2) is 62.7 Å². The minimum absolute atomic E-state index is 0.0708. The van der Waals surface area contributed by atoms with Crippen LogP contribution in [0.5, 0.6) is 0 Å². The van der Waals surface area contributed by atoms with E-state index in [0.29, 0.717) is 39.3 Å². The summed E-state index contributed by atoms with van der Waals surface area (Å²) in [5.74, 6) is 0. The molecule has 0 aliphatic heterocycles. The van der Waals surface area contributed by atoms with E-state index in [0.717, 1.165) is 0 Å². The SMILES string of the molecule is NCCNCC(CO)(CO)CNCCN. The van der Waals surface area contributed by atoms with Crippen molar-refractivity contribution in [1.29, 1.82) is 0 Å². The van der Waals surface area contributed by atoms with E-state index in [-0.39, 0.29) is 13.2 Å². The van der Waals surface area contributed by atoms with Gasteiger partial charge in [0.25, 0.3) is 0 Å². The van der Waals surface area contributed by atoms with Crippen molar-refractivity contribution in [2.75, 3.05) is 52.5 Å². The first-order chi connectivity index (χ1) is 7.24. The lowest BCUT2D eigenvalue weighted by molar-refractivity contribution is 0.0548. The summed E-state index contributed by atoms with van der Waals surface area (Å²) in [5.41, 5.74) is 10.1. The van der Waals surface area contributed by atoms with Crippen molar-refractivity contribution in [3.8, 4) is 0 Å². The molecule has 0 bridgehead atoms. The van der Waals surface area contributed by atoms with E-state index < -0.39 is 5.41 Å². The molecule has 6 heteroatoms. The molecule has 0 amide bonds. The predicted molar refractivity (Wildman–Crippen MR) is 60.5 cm³/mol. The molecule has 8 N–H and O–H groups in total. The molecule has 0 atom stereocenters. The molecule has 0 radical (unpaired) electrons. The first-order valence-corrected chi connectivity index (χ1v) is 5.28. The Kier molecular flexibility index (Phi) is 8.88. The summed E-state index contributed by atoms with van der Waals surface area (Å²) in [4.78, 5) is 0. The first-order valence-electron chi connectivity index (χ1n) is 5.28. The smallest absolute Gasteiger partial charge is 0.0533 e. The van der Waals surface area contributed by atoms with Crippen molar-refractivity contribution in [2.24, 2.45) is 16.9 Å². The highest BCUT2D eigenvalue weighted by molar-refractivity contribution is 4.83. The van der Waals surface area contributed by atoms with Crippen LogP contribution >= 0.6 is 0 Å². The predicted octanol–water partition coefficient (Wildman–Crippen LogP) is -2.95. The molecule has 6 nitrogen and oxygen atoms in total. The van der Waals surface area contributed by atoms with Crippen molar-refractivity contribution < 1.29 is 10.2 Å². The van der Waals surface area contributed by atoms with Crippen LogP contribution < -0.4 is 22.1 Å². The van der Waals surface area contributed by atoms with Gasteiger partial charge in [-0.3, -0.25) is 0 Å². The van der Waals surface area contributed by atoms with E-state index in [2.05, 4.69) is 10.6 Å². The third kappa shape index (κ3) is 6.03. The molecule has 0 aromatic rings. The molecular formula is C9H24N4O2. The second kappa shape index (κ2) is 9.02. The Morgan fingerprint density at radius 1 is 0.867 bits per heavy atom. The minimum Gasteiger partial charge on any atom is -0.396 e. The topological polar surface area (TPSA) is 117 Å². The molecule has 0 unspecified atom stereocenters. The van der Waals surface area contributed by atoms with Crippen molar-refractivity contribution in [3.05, 3.63) is 0 Å². The standard InChI is InChI=1S/C9H24N4O2/c10-1-3-12-5-9(7-14,8-15)6-13-4-2-11/h12-15H,1-8,10-11H2. The molecular weight excluding hydrogens is 196 g/mol. The lowest BCUT2D eigenvalue weighted by Gasteiger charge is -2.30. The Morgan fingerprint density at radius 2 is 1.27 bits per heavy atom. The van der Waals surface area contributed by atoms with Gasteiger partial charge in [-0.2, -0.15) is 0 Å². The number of nitrogens with two attached hydrogens (primary N) is 2. The number of hydrogen-bond acceptors (Lipinski definition) is 6. The van der Waals surface area contributed by atoms with Gasteiger partial charge in [0, 0.05) is 44.7 Å². The van der Waals surface area contributed by atoms with Gasteiger partial charge in [-0.1, -0.05) is 0 Å². The summed E-state index contributed by atoms with van der Waals surface area (Å²) in [7, 11) is 0. The Balaban J connectivity index is 3.93. The summed E-state index contributed by atoms with van der Waals surface area (Å²) in [6, 6.07) is 0. The maximum Gasteiger partial charge on any atom is 0.0533 e. The van der Waals surface area contributed by atoms with Gasteiger partial charge in [-0.15, -0.1) is 0 Å². The van der Waals surface area contributed by atoms with Gasteiger partial charge in [-0.25, -0.2) is 0 Å². The fourth-order valence-electron chi connectivity index (χ4n) is 1.25. The summed E-state index contributed by atoms with van der Waals surface area (Å²) >= 11 is 0. The summed E-state index contributed by atoms with van der Waals surface area (Å²) in [6.45, 7) is 3.38. The Labute approximate surface area is 91.0 Å². The van der Waals surface area contributed by atoms with Gasteiger partial charge < -0.3 is 32.3 Å². The molecule has 0 aliphatic carbocycles. The largest absolute Gasteiger partial charge is 0.396 e. The molecule has 92 valence electrons. The number of hydrogen-bond donors (Lipinski definition) is 6. The minimum atomic E-state index is -0.537. The Morgan fingerprint density at radius 3 is 1.53 bits per heavy atom. The average molecular weight is 220 g/mol. The molecule has 0 aromatic carbocycles. The maximum atomic E-state index is 9.27. The van der Waals surface area contributed by atoms with E-state index in [1.165, 1.54) is 0 Å². The second-order valence-corrected chi connectivity index (χ2v) is 3.75. The second-order valence-electron chi connectivity index (χ2n) is 3.75. The van der Waals surface area contributed by atoms with E-state index in [9.17, 15) is 10.2 Å². The van der Waals surface area contributed by atoms with Crippen molar-refractivity contribution in [3.63, 3.8) is 0 Å². The quantitative estimate of drug-likeness (QED) is 0.219. The molecule has 0 aromatic heterocycles. The summed E-state index contributed by atoms with van der Waals surface area (Å²) in [5, 5.41) is 24.7. The molecule has 0 spiro atoms. The van der Waals surface area contributed by atoms with Crippen LogP contribution in [0.3, 0.4) is 0 Å². The van der Waals surface area contributed by atoms with Crippen LogP contribution in [0.4, 0.5) is 0 Å². The highest BCUT2D eigenvalue weighted by atomic mass is 16.3. The number of nitrogens with one attached hydrogen (secondary N) is 2. The van der Waals surface area contributed by atoms with E-state index in [1.807, 2.05) is 0 Å². The third-order valence-corrected chi connectivity index (χ3v) is 2.31. The van der Waals surface area contributed by atoms with Crippen LogP contribution in [0.1, 0.15) is 0 Å².